The first-order chi connectivity index (χ1) is 16.2. The van der Waals surface area contributed by atoms with E-state index in [1.807, 2.05) is 18.2 Å². The molecule has 1 atom stereocenters. The number of carbonyl (C=O) groups excluding carboxylic acids is 1. The van der Waals surface area contributed by atoms with Gasteiger partial charge >= 0.3 is 5.97 Å². The van der Waals surface area contributed by atoms with Gasteiger partial charge in [0.1, 0.15) is 0 Å². The van der Waals surface area contributed by atoms with E-state index in [2.05, 4.69) is 65.6 Å². The molecule has 33 heavy (non-hydrogen) atoms. The Balaban J connectivity index is 1.52. The molecule has 4 nitrogen and oxygen atoms in total. The van der Waals surface area contributed by atoms with Crippen LogP contribution in [0.1, 0.15) is 45.8 Å². The summed E-state index contributed by atoms with van der Waals surface area (Å²) in [5.74, 6) is 0.466. The Morgan fingerprint density at radius 1 is 0.939 bits per heavy atom. The number of nitrogens with zero attached hydrogens (tertiary/aromatic N) is 2. The lowest BCUT2D eigenvalue weighted by Gasteiger charge is -2.49. The lowest BCUT2D eigenvalue weighted by atomic mass is 9.72. The lowest BCUT2D eigenvalue weighted by molar-refractivity contribution is 0.0600. The van der Waals surface area contributed by atoms with Crippen LogP contribution >= 0.6 is 0 Å². The van der Waals surface area contributed by atoms with E-state index in [4.69, 9.17) is 9.73 Å². The van der Waals surface area contributed by atoms with Gasteiger partial charge in [-0.2, -0.15) is 0 Å². The van der Waals surface area contributed by atoms with Crippen LogP contribution in [-0.4, -0.2) is 42.8 Å². The fourth-order valence-corrected chi connectivity index (χ4v) is 5.48. The molecule has 3 aliphatic heterocycles. The van der Waals surface area contributed by atoms with Gasteiger partial charge in [0.25, 0.3) is 0 Å². The minimum atomic E-state index is -0.307. The molecule has 4 heteroatoms. The van der Waals surface area contributed by atoms with Gasteiger partial charge in [-0.3, -0.25) is 9.89 Å². The second-order valence-corrected chi connectivity index (χ2v) is 8.99. The molecule has 3 aliphatic rings. The molecule has 168 valence electrons. The summed E-state index contributed by atoms with van der Waals surface area (Å²) in [7, 11) is 1.42. The van der Waals surface area contributed by atoms with Crippen LogP contribution in [0.25, 0.3) is 0 Å². The molecule has 2 bridgehead atoms. The van der Waals surface area contributed by atoms with E-state index in [0.29, 0.717) is 18.0 Å². The zero-order valence-electron chi connectivity index (χ0n) is 19.1. The standard InChI is InChI=1S/C29H30N2O2/c1-33-29(32)25-14-8-9-21(19-25)20-30-27-24-15-17-31(18-16-24)28(27)26(22-10-4-2-5-11-22)23-12-6-3-7-13-23/h2-14,19,24,26,28H,15-18,20H2,1H3. The summed E-state index contributed by atoms with van der Waals surface area (Å²) < 4.78 is 4.89. The van der Waals surface area contributed by atoms with Crippen LogP contribution in [0.15, 0.2) is 89.9 Å². The predicted octanol–water partition coefficient (Wildman–Crippen LogP) is 5.34. The van der Waals surface area contributed by atoms with Crippen molar-refractivity contribution in [3.8, 4) is 0 Å². The second kappa shape index (κ2) is 9.72. The van der Waals surface area contributed by atoms with Crippen LogP contribution in [0.3, 0.4) is 0 Å². The highest BCUT2D eigenvalue weighted by atomic mass is 16.5. The lowest BCUT2D eigenvalue weighted by Crippen LogP contribution is -2.58. The topological polar surface area (TPSA) is 41.9 Å². The van der Waals surface area contributed by atoms with Gasteiger partial charge in [0.15, 0.2) is 0 Å². The Labute approximate surface area is 195 Å². The number of methoxy groups -OCH3 is 1. The molecule has 0 aromatic heterocycles. The van der Waals surface area contributed by atoms with Crippen molar-refractivity contribution < 1.29 is 9.53 Å². The maximum atomic E-state index is 12.0. The highest BCUT2D eigenvalue weighted by molar-refractivity contribution is 5.94. The first-order valence-electron chi connectivity index (χ1n) is 11.8. The first-order valence-corrected chi connectivity index (χ1v) is 11.8. The number of rotatable bonds is 6. The van der Waals surface area contributed by atoms with E-state index < -0.39 is 0 Å². The molecule has 0 amide bonds. The quantitative estimate of drug-likeness (QED) is 0.488. The van der Waals surface area contributed by atoms with Crippen molar-refractivity contribution in [2.24, 2.45) is 10.9 Å². The second-order valence-electron chi connectivity index (χ2n) is 8.99. The third kappa shape index (κ3) is 4.49. The number of aliphatic imine (C=N–C) groups is 1. The van der Waals surface area contributed by atoms with Crippen LogP contribution < -0.4 is 0 Å². The molecule has 0 radical (unpaired) electrons. The normalized spacial score (nSPS) is 23.1. The molecule has 0 N–H and O–H groups in total. The van der Waals surface area contributed by atoms with Gasteiger partial charge in [-0.15, -0.1) is 0 Å². The number of ether oxygens (including phenoxy) is 1. The van der Waals surface area contributed by atoms with E-state index in [9.17, 15) is 4.79 Å². The number of hydrogen-bond donors (Lipinski definition) is 0. The number of hydrogen-bond acceptors (Lipinski definition) is 4. The largest absolute Gasteiger partial charge is 0.465 e. The van der Waals surface area contributed by atoms with Crippen molar-refractivity contribution in [2.45, 2.75) is 31.3 Å². The van der Waals surface area contributed by atoms with E-state index in [0.717, 1.165) is 18.7 Å². The van der Waals surface area contributed by atoms with Crippen molar-refractivity contribution in [3.63, 3.8) is 0 Å². The van der Waals surface area contributed by atoms with Gasteiger partial charge in [-0.1, -0.05) is 72.8 Å². The number of carbonyl (C=O) groups is 1. The summed E-state index contributed by atoms with van der Waals surface area (Å²) in [4.78, 5) is 19.8. The van der Waals surface area contributed by atoms with Crippen LogP contribution in [0.4, 0.5) is 0 Å². The average molecular weight is 439 g/mol. The summed E-state index contributed by atoms with van der Waals surface area (Å²) in [5.41, 5.74) is 5.60. The zero-order chi connectivity index (χ0) is 22.6. The SMILES string of the molecule is COC(=O)c1cccc(CN=C2C3CCN(CC3)C2C(c2ccccc2)c2ccccc2)c1. The summed E-state index contributed by atoms with van der Waals surface area (Å²) in [6, 6.07) is 29.6. The third-order valence-electron chi connectivity index (χ3n) is 7.07. The van der Waals surface area contributed by atoms with Gasteiger partial charge < -0.3 is 4.74 Å². The molecular formula is C29H30N2O2. The molecule has 3 aromatic carbocycles. The van der Waals surface area contributed by atoms with Gasteiger partial charge in [-0.05, 0) is 54.8 Å². The summed E-state index contributed by atoms with van der Waals surface area (Å²) in [6.45, 7) is 2.84. The van der Waals surface area contributed by atoms with Crippen LogP contribution in [0.5, 0.6) is 0 Å². The fraction of sp³-hybridized carbons (Fsp3) is 0.310. The minimum absolute atomic E-state index is 0.246. The fourth-order valence-electron chi connectivity index (χ4n) is 5.48. The minimum Gasteiger partial charge on any atom is -0.465 e. The van der Waals surface area contributed by atoms with E-state index in [-0.39, 0.29) is 17.9 Å². The molecule has 0 spiro atoms. The zero-order valence-corrected chi connectivity index (χ0v) is 19.1. The van der Waals surface area contributed by atoms with Crippen molar-refractivity contribution >= 4 is 11.7 Å². The Morgan fingerprint density at radius 2 is 1.58 bits per heavy atom. The van der Waals surface area contributed by atoms with E-state index >= 15 is 0 Å². The number of piperidine rings is 3. The Hall–Kier alpha value is -3.24. The molecule has 3 saturated heterocycles. The number of fused-ring (bicyclic) bond motifs is 3. The monoisotopic (exact) mass is 438 g/mol. The molecule has 6 rings (SSSR count). The van der Waals surface area contributed by atoms with Crippen LogP contribution in [0.2, 0.25) is 0 Å². The van der Waals surface area contributed by atoms with Crippen molar-refractivity contribution in [3.05, 3.63) is 107 Å². The van der Waals surface area contributed by atoms with E-state index in [1.54, 1.807) is 6.07 Å². The van der Waals surface area contributed by atoms with E-state index in [1.165, 1.54) is 36.8 Å². The highest BCUT2D eigenvalue weighted by Crippen LogP contribution is 2.40. The maximum absolute atomic E-state index is 12.0. The molecular weight excluding hydrogens is 408 g/mol. The van der Waals surface area contributed by atoms with Crippen molar-refractivity contribution in [1.29, 1.82) is 0 Å². The molecule has 3 aromatic rings. The number of esters is 1. The Morgan fingerprint density at radius 3 is 2.18 bits per heavy atom. The Kier molecular flexibility index (Phi) is 6.36. The molecule has 3 fully saturated rings. The van der Waals surface area contributed by atoms with Crippen molar-refractivity contribution in [1.82, 2.24) is 4.90 Å². The van der Waals surface area contributed by atoms with Gasteiger partial charge in [-0.25, -0.2) is 4.79 Å². The van der Waals surface area contributed by atoms with Gasteiger partial charge in [0.2, 0.25) is 0 Å². The first kappa shape index (κ1) is 21.6. The molecule has 1 unspecified atom stereocenters. The molecule has 0 aliphatic carbocycles. The van der Waals surface area contributed by atoms with Crippen LogP contribution in [-0.2, 0) is 11.3 Å². The average Bonchev–Trinajstić information content (AvgIpc) is 2.89. The summed E-state index contributed by atoms with van der Waals surface area (Å²) in [5, 5.41) is 0. The van der Waals surface area contributed by atoms with Crippen LogP contribution in [0, 0.1) is 5.92 Å². The highest BCUT2D eigenvalue weighted by Gasteiger charge is 2.43. The summed E-state index contributed by atoms with van der Waals surface area (Å²) in [6.07, 6.45) is 2.35. The molecule has 0 saturated carbocycles. The van der Waals surface area contributed by atoms with Gasteiger partial charge in [0.05, 0.1) is 25.3 Å². The Bertz CT molecular complexity index is 1080. The number of benzene rings is 3. The molecule has 3 heterocycles. The van der Waals surface area contributed by atoms with Gasteiger partial charge in [0, 0.05) is 17.5 Å². The smallest absolute Gasteiger partial charge is 0.337 e. The summed E-state index contributed by atoms with van der Waals surface area (Å²) >= 11 is 0. The third-order valence-corrected chi connectivity index (χ3v) is 7.07. The predicted molar refractivity (Wildman–Crippen MR) is 132 cm³/mol. The van der Waals surface area contributed by atoms with Crippen molar-refractivity contribution in [2.75, 3.05) is 20.2 Å². The maximum Gasteiger partial charge on any atom is 0.337 e.